The van der Waals surface area contributed by atoms with Crippen LogP contribution in [0.15, 0.2) is 75.6 Å². The molecule has 0 aromatic heterocycles. The number of carbonyl (C=O) groups excluding carboxylic acids is 1. The fourth-order valence-electron chi connectivity index (χ4n) is 2.17. The maximum atomic E-state index is 12.1. The normalized spacial score (nSPS) is 13.6. The first-order valence-electron chi connectivity index (χ1n) is 7.45. The van der Waals surface area contributed by atoms with Gasteiger partial charge in [-0.2, -0.15) is 5.10 Å². The highest BCUT2D eigenvalue weighted by Crippen LogP contribution is 2.37. The number of hydrogen-bond acceptors (Lipinski definition) is 5. The van der Waals surface area contributed by atoms with Crippen molar-refractivity contribution in [1.29, 1.82) is 0 Å². The van der Waals surface area contributed by atoms with Crippen LogP contribution in [-0.4, -0.2) is 11.7 Å². The number of hydrogen-bond donors (Lipinski definition) is 2. The maximum Gasteiger partial charge on any atom is 0.276 e. The number of thioether (sulfide) groups is 2. The average Bonchev–Trinajstić information content (AvgIpc) is 2.96. The van der Waals surface area contributed by atoms with E-state index in [9.17, 15) is 4.79 Å². The molecule has 0 saturated carbocycles. The average molecular weight is 355 g/mol. The van der Waals surface area contributed by atoms with E-state index in [1.54, 1.807) is 23.5 Å². The molecule has 1 heterocycles. The first-order chi connectivity index (χ1) is 11.7. The quantitative estimate of drug-likeness (QED) is 0.779. The van der Waals surface area contributed by atoms with Gasteiger partial charge in [0.2, 0.25) is 0 Å². The highest BCUT2D eigenvalue weighted by atomic mass is 32.2. The highest BCUT2D eigenvalue weighted by molar-refractivity contribution is 8.21. The minimum Gasteiger partial charge on any atom is -0.382 e. The molecule has 1 aliphatic rings. The highest BCUT2D eigenvalue weighted by Gasteiger charge is 2.25. The van der Waals surface area contributed by atoms with E-state index in [4.69, 9.17) is 5.73 Å². The predicted molar refractivity (Wildman–Crippen MR) is 102 cm³/mol. The number of carbonyl (C=O) groups is 1. The monoisotopic (exact) mass is 355 g/mol. The molecule has 2 aromatic rings. The summed E-state index contributed by atoms with van der Waals surface area (Å²) in [6.07, 6.45) is 0. The Hall–Kier alpha value is -2.18. The molecule has 0 saturated heterocycles. The van der Waals surface area contributed by atoms with E-state index in [0.29, 0.717) is 5.57 Å². The Morgan fingerprint density at radius 1 is 0.917 bits per heavy atom. The van der Waals surface area contributed by atoms with Crippen molar-refractivity contribution in [2.24, 2.45) is 10.8 Å². The van der Waals surface area contributed by atoms with E-state index >= 15 is 0 Å². The van der Waals surface area contributed by atoms with Crippen molar-refractivity contribution in [2.75, 3.05) is 0 Å². The van der Waals surface area contributed by atoms with Crippen LogP contribution >= 0.6 is 23.5 Å². The van der Waals surface area contributed by atoms with Gasteiger partial charge < -0.3 is 5.73 Å². The second-order valence-electron chi connectivity index (χ2n) is 5.15. The van der Waals surface area contributed by atoms with Crippen LogP contribution in [0.25, 0.3) is 0 Å². The van der Waals surface area contributed by atoms with Crippen LogP contribution in [0.1, 0.15) is 11.1 Å². The van der Waals surface area contributed by atoms with E-state index in [2.05, 4.69) is 34.8 Å². The summed E-state index contributed by atoms with van der Waals surface area (Å²) in [5.74, 6) is 1.59. The number of nitrogens with zero attached hydrogens (tertiary/aromatic N) is 1. The van der Waals surface area contributed by atoms with E-state index in [-0.39, 0.29) is 11.7 Å². The SMILES string of the molecule is NC1=NNC(=O)C1=C(SCc1ccccc1)SCc1ccccc1. The number of hydrazone groups is 1. The van der Waals surface area contributed by atoms with Gasteiger partial charge in [-0.25, -0.2) is 5.43 Å². The first-order valence-corrected chi connectivity index (χ1v) is 9.43. The van der Waals surface area contributed by atoms with Crippen LogP contribution < -0.4 is 11.2 Å². The largest absolute Gasteiger partial charge is 0.382 e. The summed E-state index contributed by atoms with van der Waals surface area (Å²) < 4.78 is 0.902. The van der Waals surface area contributed by atoms with Gasteiger partial charge in [0.25, 0.3) is 5.91 Å². The molecule has 3 rings (SSSR count). The Labute approximate surface area is 149 Å². The van der Waals surface area contributed by atoms with Gasteiger partial charge in [-0.05, 0) is 11.1 Å². The van der Waals surface area contributed by atoms with Gasteiger partial charge in [-0.1, -0.05) is 60.7 Å². The third-order valence-electron chi connectivity index (χ3n) is 3.39. The van der Waals surface area contributed by atoms with Crippen molar-refractivity contribution >= 4 is 35.3 Å². The van der Waals surface area contributed by atoms with Crippen LogP contribution in [0.2, 0.25) is 0 Å². The molecule has 1 aliphatic heterocycles. The van der Waals surface area contributed by atoms with Crippen molar-refractivity contribution < 1.29 is 4.79 Å². The molecule has 6 heteroatoms. The summed E-state index contributed by atoms with van der Waals surface area (Å²) in [6.45, 7) is 0. The Morgan fingerprint density at radius 3 is 1.83 bits per heavy atom. The standard InChI is InChI=1S/C18H17N3OS2/c19-16-15(17(22)21-20-16)18(23-11-13-7-3-1-4-8-13)24-12-14-9-5-2-6-10-14/h1-10H,11-12H2,(H2,19,20)(H,21,22). The number of benzene rings is 2. The number of amides is 1. The number of amidine groups is 1. The lowest BCUT2D eigenvalue weighted by Crippen LogP contribution is -2.18. The van der Waals surface area contributed by atoms with Crippen molar-refractivity contribution in [3.05, 3.63) is 81.6 Å². The van der Waals surface area contributed by atoms with Crippen LogP contribution in [0.4, 0.5) is 0 Å². The molecule has 1 amide bonds. The molecule has 2 aromatic carbocycles. The van der Waals surface area contributed by atoms with Crippen LogP contribution in [0, 0.1) is 0 Å². The topological polar surface area (TPSA) is 67.5 Å². The lowest BCUT2D eigenvalue weighted by atomic mass is 10.2. The summed E-state index contributed by atoms with van der Waals surface area (Å²) in [6, 6.07) is 20.3. The van der Waals surface area contributed by atoms with Gasteiger partial charge >= 0.3 is 0 Å². The molecule has 0 fully saturated rings. The maximum absolute atomic E-state index is 12.1. The zero-order chi connectivity index (χ0) is 16.8. The van der Waals surface area contributed by atoms with Gasteiger partial charge in [0.15, 0.2) is 5.84 Å². The number of nitrogens with one attached hydrogen (secondary N) is 1. The third kappa shape index (κ3) is 4.21. The predicted octanol–water partition coefficient (Wildman–Crippen LogP) is 3.47. The summed E-state index contributed by atoms with van der Waals surface area (Å²) >= 11 is 3.24. The molecule has 4 nitrogen and oxygen atoms in total. The Kier molecular flexibility index (Phi) is 5.61. The Morgan fingerprint density at radius 2 is 1.42 bits per heavy atom. The molecular formula is C18H17N3OS2. The van der Waals surface area contributed by atoms with Crippen LogP contribution in [0.5, 0.6) is 0 Å². The van der Waals surface area contributed by atoms with E-state index in [1.807, 2.05) is 36.4 Å². The molecule has 0 aliphatic carbocycles. The third-order valence-corrected chi connectivity index (χ3v) is 5.99. The summed E-state index contributed by atoms with van der Waals surface area (Å²) in [5.41, 5.74) is 11.2. The molecular weight excluding hydrogens is 338 g/mol. The van der Waals surface area contributed by atoms with Crippen LogP contribution in [0.3, 0.4) is 0 Å². The first kappa shape index (κ1) is 16.7. The zero-order valence-corrected chi connectivity index (χ0v) is 14.6. The van der Waals surface area contributed by atoms with E-state index in [0.717, 1.165) is 15.7 Å². The van der Waals surface area contributed by atoms with Crippen molar-refractivity contribution in [2.45, 2.75) is 11.5 Å². The summed E-state index contributed by atoms with van der Waals surface area (Å²) in [5, 5.41) is 3.84. The van der Waals surface area contributed by atoms with Gasteiger partial charge in [0, 0.05) is 11.5 Å². The summed E-state index contributed by atoms with van der Waals surface area (Å²) in [4.78, 5) is 12.1. The molecule has 122 valence electrons. The lowest BCUT2D eigenvalue weighted by molar-refractivity contribution is -0.116. The smallest absolute Gasteiger partial charge is 0.276 e. The van der Waals surface area contributed by atoms with Gasteiger partial charge in [0.1, 0.15) is 5.57 Å². The fraction of sp³-hybridized carbons (Fsp3) is 0.111. The van der Waals surface area contributed by atoms with Crippen molar-refractivity contribution in [1.82, 2.24) is 5.43 Å². The molecule has 0 unspecified atom stereocenters. The van der Waals surface area contributed by atoms with E-state index in [1.165, 1.54) is 11.1 Å². The van der Waals surface area contributed by atoms with Crippen molar-refractivity contribution in [3.8, 4) is 0 Å². The second kappa shape index (κ2) is 8.08. The van der Waals surface area contributed by atoms with Crippen molar-refractivity contribution in [3.63, 3.8) is 0 Å². The van der Waals surface area contributed by atoms with E-state index < -0.39 is 0 Å². The Balaban J connectivity index is 1.77. The minimum atomic E-state index is -0.233. The summed E-state index contributed by atoms with van der Waals surface area (Å²) in [7, 11) is 0. The second-order valence-corrected chi connectivity index (χ2v) is 7.38. The molecule has 0 radical (unpaired) electrons. The molecule has 24 heavy (non-hydrogen) atoms. The molecule has 3 N–H and O–H groups in total. The molecule has 0 atom stereocenters. The number of nitrogens with two attached hydrogens (primary N) is 1. The minimum absolute atomic E-state index is 0.233. The number of rotatable bonds is 6. The molecule has 0 spiro atoms. The zero-order valence-electron chi connectivity index (χ0n) is 12.9. The lowest BCUT2D eigenvalue weighted by Gasteiger charge is -2.10. The van der Waals surface area contributed by atoms with Crippen LogP contribution in [-0.2, 0) is 16.3 Å². The van der Waals surface area contributed by atoms with Gasteiger partial charge in [-0.3, -0.25) is 4.79 Å². The molecule has 0 bridgehead atoms. The van der Waals surface area contributed by atoms with Gasteiger partial charge in [0.05, 0.1) is 4.24 Å². The van der Waals surface area contributed by atoms with Gasteiger partial charge in [-0.15, -0.1) is 23.5 Å². The fourth-order valence-corrected chi connectivity index (χ4v) is 4.52. The Bertz CT molecular complexity index is 728.